The van der Waals surface area contributed by atoms with Gasteiger partial charge in [0.1, 0.15) is 18.4 Å². The molecule has 2 fully saturated rings. The molecule has 0 aromatic heterocycles. The van der Waals surface area contributed by atoms with E-state index in [1.165, 1.54) is 6.07 Å². The molecular formula is C26H28F2N4O4. The molecular weight excluding hydrogens is 470 g/mol. The largest absolute Gasteiger partial charge is 0.496 e. The Bertz CT molecular complexity index is 1160. The molecule has 2 N–H and O–H groups in total. The number of imide groups is 1. The fraction of sp³-hybridized carbons (Fsp3) is 0.423. The molecule has 10 heteroatoms. The van der Waals surface area contributed by atoms with Gasteiger partial charge in [0, 0.05) is 24.7 Å². The first-order valence-electron chi connectivity index (χ1n) is 11.9. The van der Waals surface area contributed by atoms with Gasteiger partial charge in [-0.3, -0.25) is 0 Å². The number of amides is 3. The van der Waals surface area contributed by atoms with Gasteiger partial charge in [0.15, 0.2) is 11.6 Å². The van der Waals surface area contributed by atoms with E-state index in [4.69, 9.17) is 9.47 Å². The van der Waals surface area contributed by atoms with Crippen molar-refractivity contribution in [1.29, 1.82) is 5.26 Å². The van der Waals surface area contributed by atoms with Crippen LogP contribution < -0.4 is 15.4 Å². The second-order valence-corrected chi connectivity index (χ2v) is 8.99. The molecule has 2 aromatic carbocycles. The van der Waals surface area contributed by atoms with Crippen molar-refractivity contribution in [2.45, 2.75) is 43.2 Å². The molecule has 1 saturated carbocycles. The Morgan fingerprint density at radius 3 is 2.64 bits per heavy atom. The minimum absolute atomic E-state index is 0.134. The highest BCUT2D eigenvalue weighted by Crippen LogP contribution is 2.42. The predicted octanol–water partition coefficient (Wildman–Crippen LogP) is 4.17. The van der Waals surface area contributed by atoms with Crippen molar-refractivity contribution in [3.8, 4) is 11.8 Å². The highest BCUT2D eigenvalue weighted by Gasteiger charge is 2.40. The smallest absolute Gasteiger partial charge is 0.418 e. The van der Waals surface area contributed by atoms with Crippen LogP contribution in [0.4, 0.5) is 18.4 Å². The van der Waals surface area contributed by atoms with E-state index in [1.807, 2.05) is 24.3 Å². The number of hydrogen-bond donors (Lipinski definition) is 2. The number of benzene rings is 2. The van der Waals surface area contributed by atoms with Crippen LogP contribution in [0.3, 0.4) is 0 Å². The number of ether oxygens (including phenoxy) is 2. The third-order valence-corrected chi connectivity index (χ3v) is 6.93. The molecule has 0 radical (unpaired) electrons. The molecule has 1 unspecified atom stereocenters. The number of nitrogens with one attached hydrogen (secondary N) is 2. The number of nitrogens with zero attached hydrogens (tertiary/aromatic N) is 2. The molecule has 190 valence electrons. The zero-order valence-corrected chi connectivity index (χ0v) is 19.9. The number of hydrogen-bond acceptors (Lipinski definition) is 6. The van der Waals surface area contributed by atoms with Crippen LogP contribution in [0.1, 0.15) is 42.9 Å². The van der Waals surface area contributed by atoms with Crippen LogP contribution in [0.2, 0.25) is 0 Å². The fourth-order valence-corrected chi connectivity index (χ4v) is 4.94. The van der Waals surface area contributed by atoms with Crippen LogP contribution in [-0.4, -0.2) is 49.9 Å². The van der Waals surface area contributed by atoms with Crippen LogP contribution in [-0.2, 0) is 10.2 Å². The Morgan fingerprint density at radius 2 is 1.94 bits per heavy atom. The van der Waals surface area contributed by atoms with Crippen molar-refractivity contribution >= 4 is 12.1 Å². The van der Waals surface area contributed by atoms with Gasteiger partial charge in [0.05, 0.1) is 18.6 Å². The number of methoxy groups -OCH3 is 1. The van der Waals surface area contributed by atoms with Gasteiger partial charge in [-0.25, -0.2) is 23.3 Å². The van der Waals surface area contributed by atoms with E-state index in [-0.39, 0.29) is 24.8 Å². The molecule has 8 nitrogen and oxygen atoms in total. The van der Waals surface area contributed by atoms with E-state index in [9.17, 15) is 23.6 Å². The Labute approximate surface area is 208 Å². The summed E-state index contributed by atoms with van der Waals surface area (Å²) >= 11 is 0. The second-order valence-electron chi connectivity index (χ2n) is 8.99. The first-order chi connectivity index (χ1) is 17.4. The van der Waals surface area contributed by atoms with Crippen molar-refractivity contribution in [2.75, 3.05) is 26.8 Å². The Morgan fingerprint density at radius 1 is 1.19 bits per heavy atom. The fourth-order valence-electron chi connectivity index (χ4n) is 4.94. The maximum atomic E-state index is 13.6. The first kappa shape index (κ1) is 25.4. The number of cyclic esters (lactones) is 1. The molecule has 3 amide bonds. The summed E-state index contributed by atoms with van der Waals surface area (Å²) in [7, 11) is 1.60. The predicted molar refractivity (Wildman–Crippen MR) is 126 cm³/mol. The molecule has 0 spiro atoms. The van der Waals surface area contributed by atoms with Crippen molar-refractivity contribution in [2.24, 2.45) is 0 Å². The number of carbonyl (C=O) groups excluding carboxylic acids is 2. The van der Waals surface area contributed by atoms with Crippen molar-refractivity contribution < 1.29 is 27.8 Å². The summed E-state index contributed by atoms with van der Waals surface area (Å²) in [5, 5.41) is 16.1. The monoisotopic (exact) mass is 498 g/mol. The molecule has 1 heterocycles. The Balaban J connectivity index is 1.27. The lowest BCUT2D eigenvalue weighted by Crippen LogP contribution is -2.46. The lowest BCUT2D eigenvalue weighted by molar-refractivity contribution is 0.158. The first-order valence-corrected chi connectivity index (χ1v) is 11.9. The van der Waals surface area contributed by atoms with E-state index in [0.29, 0.717) is 19.4 Å². The SMILES string of the molecule is COc1ccccc1C1(C#N)CCC(NCCNC(=O)N2C(=O)OCC2c2ccc(F)c(F)c2)CC1. The molecule has 1 aliphatic carbocycles. The van der Waals surface area contributed by atoms with Crippen LogP contribution >= 0.6 is 0 Å². The molecule has 36 heavy (non-hydrogen) atoms. The molecule has 1 aliphatic heterocycles. The number of para-hydroxylation sites is 1. The Kier molecular flexibility index (Phi) is 7.70. The number of halogens is 2. The van der Waals surface area contributed by atoms with Gasteiger partial charge in [-0.1, -0.05) is 24.3 Å². The number of carbonyl (C=O) groups is 2. The van der Waals surface area contributed by atoms with Gasteiger partial charge in [-0.15, -0.1) is 0 Å². The van der Waals surface area contributed by atoms with Gasteiger partial charge in [-0.05, 0) is 49.4 Å². The van der Waals surface area contributed by atoms with Gasteiger partial charge in [-0.2, -0.15) is 5.26 Å². The third kappa shape index (κ3) is 5.11. The zero-order valence-electron chi connectivity index (χ0n) is 19.9. The summed E-state index contributed by atoms with van der Waals surface area (Å²) in [5.74, 6) is -1.35. The van der Waals surface area contributed by atoms with E-state index in [0.717, 1.165) is 41.2 Å². The minimum Gasteiger partial charge on any atom is -0.496 e. The molecule has 1 atom stereocenters. The summed E-state index contributed by atoms with van der Waals surface area (Å²) in [4.78, 5) is 25.6. The summed E-state index contributed by atoms with van der Waals surface area (Å²) < 4.78 is 37.3. The van der Waals surface area contributed by atoms with Crippen LogP contribution in [0.25, 0.3) is 0 Å². The summed E-state index contributed by atoms with van der Waals surface area (Å²) in [6, 6.07) is 12.0. The van der Waals surface area contributed by atoms with E-state index in [2.05, 4.69) is 16.7 Å². The molecule has 0 bridgehead atoms. The van der Waals surface area contributed by atoms with E-state index < -0.39 is 35.2 Å². The van der Waals surface area contributed by atoms with Crippen molar-refractivity contribution in [1.82, 2.24) is 15.5 Å². The van der Waals surface area contributed by atoms with Gasteiger partial charge >= 0.3 is 12.1 Å². The molecule has 4 rings (SSSR count). The molecule has 2 aliphatic rings. The summed E-state index contributed by atoms with van der Waals surface area (Å²) in [6.45, 7) is 0.577. The quantitative estimate of drug-likeness (QED) is 0.556. The standard InChI is InChI=1S/C26H28F2N4O4/c1-35-23-5-3-2-4-19(23)26(16-29)10-8-18(9-11-26)30-12-13-31-24(33)32-22(15-36-25(32)34)17-6-7-20(27)21(28)14-17/h2-7,14,18,22,30H,8-13,15H2,1H3,(H,31,33). The van der Waals surface area contributed by atoms with Crippen LogP contribution in [0.5, 0.6) is 5.75 Å². The average molecular weight is 499 g/mol. The maximum absolute atomic E-state index is 13.6. The zero-order chi connectivity index (χ0) is 25.7. The summed E-state index contributed by atoms with van der Waals surface area (Å²) in [6.07, 6.45) is 2.10. The normalized spacial score (nSPS) is 23.6. The third-order valence-electron chi connectivity index (χ3n) is 6.93. The van der Waals surface area contributed by atoms with Gasteiger partial charge < -0.3 is 20.1 Å². The topological polar surface area (TPSA) is 104 Å². The summed E-state index contributed by atoms with van der Waals surface area (Å²) in [5.41, 5.74) is 0.587. The minimum atomic E-state index is -1.06. The van der Waals surface area contributed by atoms with Gasteiger partial charge in [0.2, 0.25) is 0 Å². The number of nitriles is 1. The molecule has 2 aromatic rings. The lowest BCUT2D eigenvalue weighted by atomic mass is 9.69. The van der Waals surface area contributed by atoms with E-state index >= 15 is 0 Å². The van der Waals surface area contributed by atoms with E-state index in [1.54, 1.807) is 7.11 Å². The molecule has 1 saturated heterocycles. The average Bonchev–Trinajstić information content (AvgIpc) is 3.30. The highest BCUT2D eigenvalue weighted by molar-refractivity contribution is 5.92. The Hall–Kier alpha value is -3.71. The second kappa shape index (κ2) is 10.9. The van der Waals surface area contributed by atoms with Crippen molar-refractivity contribution in [3.05, 3.63) is 65.2 Å². The number of rotatable bonds is 7. The van der Waals surface area contributed by atoms with Crippen LogP contribution in [0, 0.1) is 23.0 Å². The lowest BCUT2D eigenvalue weighted by Gasteiger charge is -2.36. The van der Waals surface area contributed by atoms with Crippen LogP contribution in [0.15, 0.2) is 42.5 Å². The highest BCUT2D eigenvalue weighted by atomic mass is 19.2. The maximum Gasteiger partial charge on any atom is 0.418 e. The van der Waals surface area contributed by atoms with Gasteiger partial charge in [0.25, 0.3) is 0 Å². The van der Waals surface area contributed by atoms with Crippen molar-refractivity contribution in [3.63, 3.8) is 0 Å². The number of urea groups is 1.